The Labute approximate surface area is 176 Å². The summed E-state index contributed by atoms with van der Waals surface area (Å²) in [5.74, 6) is 1.14. The van der Waals surface area contributed by atoms with Crippen LogP contribution in [-0.4, -0.2) is 30.3 Å². The Morgan fingerprint density at radius 1 is 1.03 bits per heavy atom. The van der Waals surface area contributed by atoms with Crippen LogP contribution in [0.5, 0.6) is 11.5 Å². The molecule has 156 valence electrons. The van der Waals surface area contributed by atoms with Gasteiger partial charge >= 0.3 is 5.97 Å². The zero-order valence-electron chi connectivity index (χ0n) is 17.4. The summed E-state index contributed by atoms with van der Waals surface area (Å²) >= 11 is 0. The fourth-order valence-electron chi connectivity index (χ4n) is 3.31. The van der Waals surface area contributed by atoms with Gasteiger partial charge in [0.2, 0.25) is 0 Å². The van der Waals surface area contributed by atoms with Gasteiger partial charge in [-0.15, -0.1) is 0 Å². The minimum atomic E-state index is -0.860. The number of aliphatic carboxylic acids is 1. The van der Waals surface area contributed by atoms with Gasteiger partial charge in [-0.2, -0.15) is 0 Å². The van der Waals surface area contributed by atoms with Crippen LogP contribution in [0.4, 0.5) is 5.82 Å². The highest BCUT2D eigenvalue weighted by Gasteiger charge is 2.15. The molecule has 0 aliphatic carbocycles. The van der Waals surface area contributed by atoms with Crippen LogP contribution in [-0.2, 0) is 17.8 Å². The van der Waals surface area contributed by atoms with E-state index in [2.05, 4.69) is 35.4 Å². The molecule has 0 unspecified atom stereocenters. The lowest BCUT2D eigenvalue weighted by molar-refractivity contribution is -0.136. The van der Waals surface area contributed by atoms with Gasteiger partial charge in [-0.25, -0.2) is 4.98 Å². The number of ether oxygens (including phenoxy) is 2. The summed E-state index contributed by atoms with van der Waals surface area (Å²) in [7, 11) is 3.14. The van der Waals surface area contributed by atoms with Crippen LogP contribution >= 0.6 is 0 Å². The van der Waals surface area contributed by atoms with Crippen LogP contribution in [0.15, 0.2) is 54.7 Å². The van der Waals surface area contributed by atoms with Crippen molar-refractivity contribution in [3.05, 3.63) is 71.4 Å². The fourth-order valence-corrected chi connectivity index (χ4v) is 3.31. The maximum Gasteiger partial charge on any atom is 0.303 e. The number of methoxy groups -OCH3 is 2. The van der Waals surface area contributed by atoms with E-state index in [0.29, 0.717) is 24.5 Å². The monoisotopic (exact) mass is 406 g/mol. The van der Waals surface area contributed by atoms with Crippen LogP contribution in [0.25, 0.3) is 11.1 Å². The lowest BCUT2D eigenvalue weighted by Gasteiger charge is -2.15. The number of nitrogens with one attached hydrogen (secondary N) is 1. The van der Waals surface area contributed by atoms with Crippen molar-refractivity contribution < 1.29 is 19.4 Å². The molecule has 2 aromatic carbocycles. The molecule has 0 saturated carbocycles. The summed E-state index contributed by atoms with van der Waals surface area (Å²) in [6.45, 7) is 2.78. The van der Waals surface area contributed by atoms with Gasteiger partial charge in [-0.1, -0.05) is 29.8 Å². The van der Waals surface area contributed by atoms with Gasteiger partial charge in [-0.3, -0.25) is 4.79 Å². The van der Waals surface area contributed by atoms with Gasteiger partial charge in [-0.05, 0) is 48.7 Å². The number of hydrogen-bond acceptors (Lipinski definition) is 5. The highest BCUT2D eigenvalue weighted by Crippen LogP contribution is 2.36. The molecule has 6 nitrogen and oxygen atoms in total. The molecule has 0 spiro atoms. The topological polar surface area (TPSA) is 80.7 Å². The standard InChI is InChI=1S/C24H26N2O4/c1-16-5-4-6-17(11-16)14-25-23-9-7-18(15-26-23)19-12-21(29-2)20(8-10-24(27)28)22(13-19)30-3/h4-7,9,11-13,15H,8,10,14H2,1-3H3,(H,25,26)(H,27,28). The molecule has 0 aliphatic heterocycles. The van der Waals surface area contributed by atoms with E-state index in [1.165, 1.54) is 11.1 Å². The highest BCUT2D eigenvalue weighted by atomic mass is 16.5. The maximum atomic E-state index is 11.0. The zero-order chi connectivity index (χ0) is 21.5. The summed E-state index contributed by atoms with van der Waals surface area (Å²) < 4.78 is 11.0. The van der Waals surface area contributed by atoms with Gasteiger partial charge in [0.05, 0.1) is 14.2 Å². The number of rotatable bonds is 9. The van der Waals surface area contributed by atoms with Crippen molar-refractivity contribution in [1.82, 2.24) is 4.98 Å². The molecule has 1 heterocycles. The average Bonchev–Trinajstić information content (AvgIpc) is 2.76. The molecule has 1 aromatic heterocycles. The van der Waals surface area contributed by atoms with E-state index in [1.807, 2.05) is 30.3 Å². The fraction of sp³-hybridized carbons (Fsp3) is 0.250. The number of carboxylic acids is 1. The van der Waals surface area contributed by atoms with Crippen molar-refractivity contribution in [3.63, 3.8) is 0 Å². The normalized spacial score (nSPS) is 10.5. The predicted octanol–water partition coefficient (Wildman–Crippen LogP) is 4.70. The van der Waals surface area contributed by atoms with Gasteiger partial charge in [0.15, 0.2) is 0 Å². The minimum absolute atomic E-state index is 0.00886. The predicted molar refractivity (Wildman–Crippen MR) is 117 cm³/mol. The Bertz CT molecular complexity index is 991. The summed E-state index contributed by atoms with van der Waals surface area (Å²) in [5, 5.41) is 12.3. The van der Waals surface area contributed by atoms with Crippen molar-refractivity contribution >= 4 is 11.8 Å². The molecule has 3 rings (SSSR count). The Morgan fingerprint density at radius 2 is 1.77 bits per heavy atom. The smallest absolute Gasteiger partial charge is 0.303 e. The molecule has 0 aliphatic rings. The van der Waals surface area contributed by atoms with Crippen molar-refractivity contribution in [2.75, 3.05) is 19.5 Å². The first kappa shape index (κ1) is 21.2. The molecule has 0 fully saturated rings. The molecule has 6 heteroatoms. The van der Waals surface area contributed by atoms with Crippen LogP contribution in [0.2, 0.25) is 0 Å². The van der Waals surface area contributed by atoms with E-state index in [4.69, 9.17) is 14.6 Å². The molecular weight excluding hydrogens is 380 g/mol. The quantitative estimate of drug-likeness (QED) is 0.536. The van der Waals surface area contributed by atoms with Gasteiger partial charge in [0.25, 0.3) is 0 Å². The van der Waals surface area contributed by atoms with Crippen LogP contribution in [0.1, 0.15) is 23.1 Å². The van der Waals surface area contributed by atoms with Crippen LogP contribution < -0.4 is 14.8 Å². The number of aryl methyl sites for hydroxylation is 1. The summed E-state index contributed by atoms with van der Waals surface area (Å²) in [5.41, 5.74) is 4.98. The summed E-state index contributed by atoms with van der Waals surface area (Å²) in [6.07, 6.45) is 2.14. The lowest BCUT2D eigenvalue weighted by Crippen LogP contribution is -2.03. The minimum Gasteiger partial charge on any atom is -0.496 e. The summed E-state index contributed by atoms with van der Waals surface area (Å²) in [4.78, 5) is 15.5. The number of nitrogens with zero attached hydrogens (tertiary/aromatic N) is 1. The third kappa shape index (κ3) is 5.29. The number of aromatic nitrogens is 1. The molecule has 30 heavy (non-hydrogen) atoms. The first-order chi connectivity index (χ1) is 14.5. The Balaban J connectivity index is 1.78. The molecule has 0 radical (unpaired) electrons. The molecule has 0 saturated heterocycles. The van der Waals surface area contributed by atoms with Crippen LogP contribution in [0.3, 0.4) is 0 Å². The van der Waals surface area contributed by atoms with Crippen LogP contribution in [0, 0.1) is 6.92 Å². The molecular formula is C24H26N2O4. The van der Waals surface area contributed by atoms with E-state index in [9.17, 15) is 4.79 Å². The van der Waals surface area contributed by atoms with E-state index in [1.54, 1.807) is 20.4 Å². The third-order valence-electron chi connectivity index (χ3n) is 4.85. The zero-order valence-corrected chi connectivity index (χ0v) is 17.4. The average molecular weight is 406 g/mol. The van der Waals surface area contributed by atoms with E-state index >= 15 is 0 Å². The number of carboxylic acid groups (broad SMARTS) is 1. The number of carbonyl (C=O) groups is 1. The lowest BCUT2D eigenvalue weighted by atomic mass is 10.0. The van der Waals surface area contributed by atoms with Crippen molar-refractivity contribution in [2.45, 2.75) is 26.3 Å². The second-order valence-electron chi connectivity index (χ2n) is 7.03. The molecule has 3 aromatic rings. The van der Waals surface area contributed by atoms with Gasteiger partial charge in [0, 0.05) is 30.3 Å². The maximum absolute atomic E-state index is 11.0. The third-order valence-corrected chi connectivity index (χ3v) is 4.85. The Morgan fingerprint density at radius 3 is 2.33 bits per heavy atom. The number of benzene rings is 2. The van der Waals surface area contributed by atoms with Crippen molar-refractivity contribution in [3.8, 4) is 22.6 Å². The molecule has 0 atom stereocenters. The van der Waals surface area contributed by atoms with Gasteiger partial charge < -0.3 is 19.9 Å². The SMILES string of the molecule is COc1cc(-c2ccc(NCc3cccc(C)c3)nc2)cc(OC)c1CCC(=O)O. The second kappa shape index (κ2) is 9.78. The summed E-state index contributed by atoms with van der Waals surface area (Å²) in [6, 6.07) is 16.0. The molecule has 0 bridgehead atoms. The van der Waals surface area contributed by atoms with E-state index < -0.39 is 5.97 Å². The number of pyridine rings is 1. The van der Waals surface area contributed by atoms with Gasteiger partial charge in [0.1, 0.15) is 17.3 Å². The highest BCUT2D eigenvalue weighted by molar-refractivity contribution is 5.71. The van der Waals surface area contributed by atoms with E-state index in [0.717, 1.165) is 22.5 Å². The largest absolute Gasteiger partial charge is 0.496 e. The Kier molecular flexibility index (Phi) is 6.91. The first-order valence-corrected chi connectivity index (χ1v) is 9.72. The van der Waals surface area contributed by atoms with E-state index in [-0.39, 0.29) is 6.42 Å². The number of hydrogen-bond donors (Lipinski definition) is 2. The first-order valence-electron chi connectivity index (χ1n) is 9.72. The second-order valence-corrected chi connectivity index (χ2v) is 7.03. The van der Waals surface area contributed by atoms with Crippen molar-refractivity contribution in [1.29, 1.82) is 0 Å². The Hall–Kier alpha value is -3.54. The molecule has 2 N–H and O–H groups in total. The molecule has 0 amide bonds. The number of anilines is 1. The van der Waals surface area contributed by atoms with Crippen molar-refractivity contribution in [2.24, 2.45) is 0 Å².